The van der Waals surface area contributed by atoms with Gasteiger partial charge in [0.2, 0.25) is 6.79 Å². The molecule has 2 aromatic carbocycles. The number of nitrogens with one attached hydrogen (secondary N) is 2. The summed E-state index contributed by atoms with van der Waals surface area (Å²) >= 11 is 0. The molecule has 1 saturated heterocycles. The lowest BCUT2D eigenvalue weighted by atomic mass is 10.1. The standard InChI is InChI=1S/C21H26N4O3/c1-22-21(23-13-16-6-7-19-20(12-16)28-15-27-19)24-14-17-4-2-3-5-18(17)25-8-10-26-11-9-25/h2-7,12H,8-11,13-15H2,1H3,(H2,22,23,24). The molecular formula is C21H26N4O3. The van der Waals surface area contributed by atoms with Crippen molar-refractivity contribution in [1.29, 1.82) is 0 Å². The van der Waals surface area contributed by atoms with E-state index in [1.54, 1.807) is 7.05 Å². The number of anilines is 1. The lowest BCUT2D eigenvalue weighted by Crippen LogP contribution is -2.38. The van der Waals surface area contributed by atoms with Crippen molar-refractivity contribution < 1.29 is 14.2 Å². The minimum Gasteiger partial charge on any atom is -0.454 e. The third-order valence-corrected chi connectivity index (χ3v) is 4.91. The average molecular weight is 382 g/mol. The van der Waals surface area contributed by atoms with Gasteiger partial charge < -0.3 is 29.7 Å². The summed E-state index contributed by atoms with van der Waals surface area (Å²) < 4.78 is 16.3. The maximum absolute atomic E-state index is 5.48. The molecule has 0 saturated carbocycles. The highest BCUT2D eigenvalue weighted by atomic mass is 16.7. The first-order chi connectivity index (χ1) is 13.8. The van der Waals surface area contributed by atoms with Crippen molar-refractivity contribution in [3.63, 3.8) is 0 Å². The summed E-state index contributed by atoms with van der Waals surface area (Å²) in [4.78, 5) is 6.72. The lowest BCUT2D eigenvalue weighted by molar-refractivity contribution is 0.122. The lowest BCUT2D eigenvalue weighted by Gasteiger charge is -2.30. The van der Waals surface area contributed by atoms with Crippen molar-refractivity contribution in [3.05, 3.63) is 53.6 Å². The van der Waals surface area contributed by atoms with Crippen molar-refractivity contribution >= 4 is 11.6 Å². The smallest absolute Gasteiger partial charge is 0.231 e. The van der Waals surface area contributed by atoms with Crippen LogP contribution in [0.5, 0.6) is 11.5 Å². The molecule has 0 atom stereocenters. The molecule has 0 aromatic heterocycles. The SMILES string of the molecule is CN=C(NCc1ccc2c(c1)OCO2)NCc1ccccc1N1CCOCC1. The van der Waals surface area contributed by atoms with Crippen LogP contribution in [0.1, 0.15) is 11.1 Å². The number of guanidine groups is 1. The van der Waals surface area contributed by atoms with Gasteiger partial charge in [-0.25, -0.2) is 0 Å². The second-order valence-electron chi connectivity index (χ2n) is 6.70. The van der Waals surface area contributed by atoms with Crippen LogP contribution >= 0.6 is 0 Å². The summed E-state index contributed by atoms with van der Waals surface area (Å²) in [6.45, 7) is 5.05. The molecule has 0 radical (unpaired) electrons. The van der Waals surface area contributed by atoms with E-state index in [9.17, 15) is 0 Å². The molecule has 4 rings (SSSR count). The number of rotatable bonds is 5. The minimum atomic E-state index is 0.290. The Balaban J connectivity index is 1.34. The molecule has 2 aliphatic heterocycles. The van der Waals surface area contributed by atoms with E-state index >= 15 is 0 Å². The highest BCUT2D eigenvalue weighted by Crippen LogP contribution is 2.32. The molecule has 0 bridgehead atoms. The number of nitrogens with zero attached hydrogens (tertiary/aromatic N) is 2. The van der Waals surface area contributed by atoms with Gasteiger partial charge in [0, 0.05) is 38.9 Å². The van der Waals surface area contributed by atoms with E-state index in [2.05, 4.69) is 44.8 Å². The van der Waals surface area contributed by atoms with E-state index in [0.717, 1.165) is 49.3 Å². The molecule has 0 amide bonds. The zero-order valence-corrected chi connectivity index (χ0v) is 16.1. The summed E-state index contributed by atoms with van der Waals surface area (Å²) in [6.07, 6.45) is 0. The van der Waals surface area contributed by atoms with E-state index in [-0.39, 0.29) is 6.79 Å². The molecule has 28 heavy (non-hydrogen) atoms. The molecule has 2 aromatic rings. The van der Waals surface area contributed by atoms with Gasteiger partial charge >= 0.3 is 0 Å². The van der Waals surface area contributed by atoms with Gasteiger partial charge in [0.15, 0.2) is 17.5 Å². The van der Waals surface area contributed by atoms with Gasteiger partial charge in [0.05, 0.1) is 13.2 Å². The number of hydrogen-bond acceptors (Lipinski definition) is 5. The van der Waals surface area contributed by atoms with Crippen LogP contribution in [0.4, 0.5) is 5.69 Å². The Kier molecular flexibility index (Phi) is 5.82. The maximum Gasteiger partial charge on any atom is 0.231 e. The number of morpholine rings is 1. The number of fused-ring (bicyclic) bond motifs is 1. The van der Waals surface area contributed by atoms with Crippen molar-refractivity contribution in [2.75, 3.05) is 45.0 Å². The monoisotopic (exact) mass is 382 g/mol. The third-order valence-electron chi connectivity index (χ3n) is 4.91. The fraction of sp³-hybridized carbons (Fsp3) is 0.381. The van der Waals surface area contributed by atoms with E-state index < -0.39 is 0 Å². The van der Waals surface area contributed by atoms with Crippen molar-refractivity contribution in [2.45, 2.75) is 13.1 Å². The molecule has 148 valence electrons. The third kappa shape index (κ3) is 4.31. The van der Waals surface area contributed by atoms with Crippen LogP contribution in [-0.4, -0.2) is 46.1 Å². The van der Waals surface area contributed by atoms with Gasteiger partial charge in [-0.3, -0.25) is 4.99 Å². The summed E-state index contributed by atoms with van der Waals surface area (Å²) in [5.41, 5.74) is 3.61. The van der Waals surface area contributed by atoms with Gasteiger partial charge in [-0.05, 0) is 29.3 Å². The van der Waals surface area contributed by atoms with Crippen molar-refractivity contribution in [2.24, 2.45) is 4.99 Å². The van der Waals surface area contributed by atoms with Crippen LogP contribution in [0.25, 0.3) is 0 Å². The molecule has 7 heteroatoms. The van der Waals surface area contributed by atoms with E-state index in [1.165, 1.54) is 11.3 Å². The van der Waals surface area contributed by atoms with Gasteiger partial charge in [-0.1, -0.05) is 24.3 Å². The topological polar surface area (TPSA) is 67.4 Å². The zero-order valence-electron chi connectivity index (χ0n) is 16.1. The average Bonchev–Trinajstić information content (AvgIpc) is 3.23. The van der Waals surface area contributed by atoms with Gasteiger partial charge in [0.25, 0.3) is 0 Å². The van der Waals surface area contributed by atoms with Crippen LogP contribution in [0.2, 0.25) is 0 Å². The predicted molar refractivity (Wildman–Crippen MR) is 109 cm³/mol. The number of ether oxygens (including phenoxy) is 3. The van der Waals surface area contributed by atoms with Gasteiger partial charge in [0.1, 0.15) is 0 Å². The second kappa shape index (κ2) is 8.84. The van der Waals surface area contributed by atoms with Crippen molar-refractivity contribution in [1.82, 2.24) is 10.6 Å². The Bertz CT molecular complexity index is 834. The Hall–Kier alpha value is -2.93. The maximum atomic E-state index is 5.48. The van der Waals surface area contributed by atoms with Crippen LogP contribution in [-0.2, 0) is 17.8 Å². The molecule has 0 aliphatic carbocycles. The Labute approximate surface area is 165 Å². The molecule has 0 spiro atoms. The first kappa shape index (κ1) is 18.4. The number of hydrogen-bond donors (Lipinski definition) is 2. The largest absolute Gasteiger partial charge is 0.454 e. The quantitative estimate of drug-likeness (QED) is 0.610. The Morgan fingerprint density at radius 2 is 1.79 bits per heavy atom. The summed E-state index contributed by atoms with van der Waals surface area (Å²) in [5.74, 6) is 2.35. The minimum absolute atomic E-state index is 0.290. The van der Waals surface area contributed by atoms with Gasteiger partial charge in [-0.2, -0.15) is 0 Å². The van der Waals surface area contributed by atoms with Crippen LogP contribution in [0.15, 0.2) is 47.5 Å². The Morgan fingerprint density at radius 1 is 1.00 bits per heavy atom. The second-order valence-corrected chi connectivity index (χ2v) is 6.70. The normalized spacial score (nSPS) is 16.2. The first-order valence-corrected chi connectivity index (χ1v) is 9.57. The van der Waals surface area contributed by atoms with E-state index in [1.807, 2.05) is 18.2 Å². The molecule has 2 aliphatic rings. The summed E-state index contributed by atoms with van der Waals surface area (Å²) in [5, 5.41) is 6.77. The first-order valence-electron chi connectivity index (χ1n) is 9.57. The van der Waals surface area contributed by atoms with Crippen LogP contribution in [0.3, 0.4) is 0 Å². The zero-order chi connectivity index (χ0) is 19.2. The molecule has 2 N–H and O–H groups in total. The molecular weight excluding hydrogens is 356 g/mol. The highest BCUT2D eigenvalue weighted by molar-refractivity contribution is 5.79. The van der Waals surface area contributed by atoms with E-state index in [4.69, 9.17) is 14.2 Å². The predicted octanol–water partition coefficient (Wildman–Crippen LogP) is 2.12. The number of para-hydroxylation sites is 1. The Morgan fingerprint density at radius 3 is 2.64 bits per heavy atom. The fourth-order valence-electron chi connectivity index (χ4n) is 3.41. The molecule has 2 heterocycles. The van der Waals surface area contributed by atoms with E-state index in [0.29, 0.717) is 13.1 Å². The van der Waals surface area contributed by atoms with Crippen LogP contribution < -0.4 is 25.0 Å². The summed E-state index contributed by atoms with van der Waals surface area (Å²) in [6, 6.07) is 14.4. The number of aliphatic imine (C=N–C) groups is 1. The fourth-order valence-corrected chi connectivity index (χ4v) is 3.41. The highest BCUT2D eigenvalue weighted by Gasteiger charge is 2.15. The van der Waals surface area contributed by atoms with Gasteiger partial charge in [-0.15, -0.1) is 0 Å². The van der Waals surface area contributed by atoms with Crippen LogP contribution in [0, 0.1) is 0 Å². The van der Waals surface area contributed by atoms with Crippen molar-refractivity contribution in [3.8, 4) is 11.5 Å². The summed E-state index contributed by atoms with van der Waals surface area (Å²) in [7, 11) is 1.78. The number of benzene rings is 2. The molecule has 0 unspecified atom stereocenters. The molecule has 7 nitrogen and oxygen atoms in total. The molecule has 1 fully saturated rings.